The van der Waals surface area contributed by atoms with Crippen molar-refractivity contribution in [2.45, 2.75) is 23.3 Å². The molecule has 0 bridgehead atoms. The molecule has 0 aromatic heterocycles. The van der Waals surface area contributed by atoms with Crippen molar-refractivity contribution in [3.63, 3.8) is 0 Å². The van der Waals surface area contributed by atoms with Gasteiger partial charge in [-0.2, -0.15) is 47.9 Å². The van der Waals surface area contributed by atoms with E-state index in [1.54, 1.807) is 0 Å². The molecule has 1 N–H and O–H groups in total. The van der Waals surface area contributed by atoms with Gasteiger partial charge in [-0.3, -0.25) is 4.55 Å². The van der Waals surface area contributed by atoms with Crippen LogP contribution in [0.4, 0.5) is 39.5 Å². The summed E-state index contributed by atoms with van der Waals surface area (Å²) in [5, 5.41) is -7.00. The predicted molar refractivity (Wildman–Crippen MR) is 33.6 cm³/mol. The minimum atomic E-state index is -7.37. The van der Waals surface area contributed by atoms with Gasteiger partial charge in [-0.25, -0.2) is 0 Å². The molecule has 0 fully saturated rings. The molecule has 0 rings (SSSR count). The Balaban J connectivity index is -0.00000128. The average Bonchev–Trinajstić information content (AvgIpc) is 1.98. The van der Waals surface area contributed by atoms with Gasteiger partial charge in [0.2, 0.25) is 0 Å². The average molecular weight is 308 g/mol. The van der Waals surface area contributed by atoms with Crippen LogP contribution in [0.1, 0.15) is 1.43 Å². The largest absolute Gasteiger partial charge is 1.00 e. The Kier molecular flexibility index (Phi) is 5.35. The van der Waals surface area contributed by atoms with Gasteiger partial charge in [0.15, 0.2) is 0 Å². The molecule has 0 aromatic rings. The van der Waals surface area contributed by atoms with Crippen LogP contribution < -0.4 is 18.9 Å². The molecule has 0 aliphatic rings. The fourth-order valence-electron chi connectivity index (χ4n) is 0.523. The van der Waals surface area contributed by atoms with Gasteiger partial charge in [0.25, 0.3) is 0 Å². The Bertz CT molecular complexity index is 404. The molecule has 0 aliphatic heterocycles. The molecule has 0 saturated heterocycles. The van der Waals surface area contributed by atoms with E-state index in [2.05, 4.69) is 0 Å². The molecule has 106 valence electrons. The molecule has 0 atom stereocenters. The van der Waals surface area contributed by atoms with Crippen LogP contribution in [0, 0.1) is 0 Å². The quantitative estimate of drug-likeness (QED) is 0.431. The number of hydrogen-bond donors (Lipinski definition) is 1. The predicted octanol–water partition coefficient (Wildman–Crippen LogP) is -0.584. The van der Waals surface area contributed by atoms with E-state index in [0.29, 0.717) is 0 Å². The fraction of sp³-hybridized carbons (Fsp3) is 1.00. The molecule has 0 spiro atoms. The van der Waals surface area contributed by atoms with Gasteiger partial charge in [-0.1, -0.05) is 0 Å². The topological polar surface area (TPSA) is 54.4 Å². The van der Waals surface area contributed by atoms with Crippen molar-refractivity contribution in [1.82, 2.24) is 0 Å². The summed E-state index contributed by atoms with van der Waals surface area (Å²) in [5.41, 5.74) is 0. The van der Waals surface area contributed by atoms with Gasteiger partial charge in [0.1, 0.15) is 0 Å². The maximum absolute atomic E-state index is 12.2. The number of hydrogen-bond acceptors (Lipinski definition) is 2. The normalized spacial score (nSPS) is 15.2. The number of rotatable bonds is 3. The summed E-state index contributed by atoms with van der Waals surface area (Å²) in [6.07, 6.45) is -7.13. The van der Waals surface area contributed by atoms with Crippen molar-refractivity contribution in [3.8, 4) is 0 Å². The van der Waals surface area contributed by atoms with Crippen LogP contribution in [0.3, 0.4) is 0 Å². The molecule has 0 saturated carbocycles. The van der Waals surface area contributed by atoms with Gasteiger partial charge in [0, 0.05) is 0 Å². The molecule has 0 radical (unpaired) electrons. The summed E-state index contributed by atoms with van der Waals surface area (Å²) in [5.74, 6) is -14.7. The fourth-order valence-corrected chi connectivity index (χ4v) is 0.975. The molecule has 3 nitrogen and oxygen atoms in total. The summed E-state index contributed by atoms with van der Waals surface area (Å²) in [6.45, 7) is 0. The zero-order valence-electron chi connectivity index (χ0n) is 9.07. The summed E-state index contributed by atoms with van der Waals surface area (Å²) >= 11 is 0. The van der Waals surface area contributed by atoms with Crippen LogP contribution in [-0.2, 0) is 10.1 Å². The SMILES string of the molecule is O=S(=O)(O)C(F)(F)C(F)(F)C(F)(F)C(F)(F)F.[H-].[Li+]. The monoisotopic (exact) mass is 308 g/mol. The van der Waals surface area contributed by atoms with Gasteiger partial charge >= 0.3 is 52.3 Å². The Morgan fingerprint density at radius 1 is 0.778 bits per heavy atom. The van der Waals surface area contributed by atoms with Crippen LogP contribution in [0.2, 0.25) is 0 Å². The molecule has 14 heteroatoms. The van der Waals surface area contributed by atoms with E-state index < -0.39 is 33.4 Å². The molecule has 0 unspecified atom stereocenters. The Morgan fingerprint density at radius 3 is 1.22 bits per heavy atom. The zero-order valence-corrected chi connectivity index (χ0v) is 8.89. The first-order valence-electron chi connectivity index (χ1n) is 3.17. The Hall–Kier alpha value is -0.123. The van der Waals surface area contributed by atoms with E-state index in [-0.39, 0.29) is 20.3 Å². The molecule has 0 amide bonds. The van der Waals surface area contributed by atoms with E-state index in [4.69, 9.17) is 4.55 Å². The van der Waals surface area contributed by atoms with Crippen molar-refractivity contribution < 1.29 is 72.8 Å². The van der Waals surface area contributed by atoms with Gasteiger partial charge < -0.3 is 1.43 Å². The first-order valence-corrected chi connectivity index (χ1v) is 4.61. The summed E-state index contributed by atoms with van der Waals surface area (Å²) in [6, 6.07) is 0. The van der Waals surface area contributed by atoms with Crippen molar-refractivity contribution in [2.24, 2.45) is 0 Å². The van der Waals surface area contributed by atoms with Crippen LogP contribution in [0.25, 0.3) is 0 Å². The van der Waals surface area contributed by atoms with Gasteiger partial charge in [-0.15, -0.1) is 0 Å². The molecule has 0 heterocycles. The summed E-state index contributed by atoms with van der Waals surface area (Å²) < 4.78 is 134. The van der Waals surface area contributed by atoms with Crippen molar-refractivity contribution in [3.05, 3.63) is 0 Å². The third-order valence-electron chi connectivity index (χ3n) is 1.44. The van der Waals surface area contributed by atoms with E-state index in [1.807, 2.05) is 0 Å². The Labute approximate surface area is 107 Å². The van der Waals surface area contributed by atoms with E-state index in [0.717, 1.165) is 0 Å². The third kappa shape index (κ3) is 2.73. The summed E-state index contributed by atoms with van der Waals surface area (Å²) in [7, 11) is -7.17. The Morgan fingerprint density at radius 2 is 1.06 bits per heavy atom. The second-order valence-corrected chi connectivity index (χ2v) is 4.10. The van der Waals surface area contributed by atoms with E-state index in [9.17, 15) is 47.9 Å². The molecular weight excluding hydrogens is 306 g/mol. The number of halogens is 9. The van der Waals surface area contributed by atoms with E-state index >= 15 is 0 Å². The maximum atomic E-state index is 12.2. The first kappa shape index (κ1) is 20.2. The molecule has 18 heavy (non-hydrogen) atoms. The first-order chi connectivity index (χ1) is 7.00. The minimum Gasteiger partial charge on any atom is -1.00 e. The van der Waals surface area contributed by atoms with Crippen molar-refractivity contribution in [1.29, 1.82) is 0 Å². The third-order valence-corrected chi connectivity index (χ3v) is 2.34. The maximum Gasteiger partial charge on any atom is 1.00 e. The smallest absolute Gasteiger partial charge is 1.00 e. The van der Waals surface area contributed by atoms with Gasteiger partial charge in [-0.05, 0) is 0 Å². The second-order valence-electron chi connectivity index (χ2n) is 2.64. The zero-order chi connectivity index (χ0) is 14.5. The van der Waals surface area contributed by atoms with Crippen LogP contribution >= 0.6 is 0 Å². The molecule has 0 aliphatic carbocycles. The molecule has 0 aromatic carbocycles. The number of alkyl halides is 9. The standard InChI is InChI=1S/C4HF9O3S.Li.H/c5-1(6,3(9,10)11)2(7,8)4(12,13)17(14,15)16;;/h(H,14,15,16);;/q;+1;-1. The van der Waals surface area contributed by atoms with Crippen LogP contribution in [0.15, 0.2) is 0 Å². The summed E-state index contributed by atoms with van der Waals surface area (Å²) in [4.78, 5) is 0. The van der Waals surface area contributed by atoms with Crippen LogP contribution in [-0.4, -0.2) is 36.2 Å². The van der Waals surface area contributed by atoms with Crippen LogP contribution in [0.5, 0.6) is 0 Å². The molecular formula is C4H2F9LiO3S. The minimum absolute atomic E-state index is 0. The van der Waals surface area contributed by atoms with Crippen molar-refractivity contribution in [2.75, 3.05) is 0 Å². The van der Waals surface area contributed by atoms with Crippen molar-refractivity contribution >= 4 is 10.1 Å². The van der Waals surface area contributed by atoms with Gasteiger partial charge in [0.05, 0.1) is 0 Å². The second kappa shape index (κ2) is 4.77. The van der Waals surface area contributed by atoms with E-state index in [1.165, 1.54) is 0 Å².